The second-order valence-corrected chi connectivity index (χ2v) is 23.5. The number of carbonyl (C=O) groups excluding carboxylic acids is 8. The van der Waals surface area contributed by atoms with Crippen LogP contribution in [0.15, 0.2) is 30.3 Å². The van der Waals surface area contributed by atoms with Gasteiger partial charge in [0, 0.05) is 53.7 Å². The van der Waals surface area contributed by atoms with Crippen molar-refractivity contribution in [1.82, 2.24) is 41.3 Å². The number of benzene rings is 1. The van der Waals surface area contributed by atoms with E-state index in [0.717, 1.165) is 5.56 Å². The van der Waals surface area contributed by atoms with Crippen LogP contribution in [0.4, 0.5) is 4.79 Å². The largest absolute Gasteiger partial charge is 0.464 e. The van der Waals surface area contributed by atoms with Crippen LogP contribution in [-0.4, -0.2) is 208 Å². The lowest BCUT2D eigenvalue weighted by Crippen LogP contribution is -2.59. The van der Waals surface area contributed by atoms with Crippen molar-refractivity contribution in [3.8, 4) is 0 Å². The molecule has 0 radical (unpaired) electrons. The van der Waals surface area contributed by atoms with Gasteiger partial charge in [-0.1, -0.05) is 113 Å². The maximum atomic E-state index is 14.5. The molecule has 0 aromatic heterocycles. The summed E-state index contributed by atoms with van der Waals surface area (Å²) < 4.78 is 27.7. The van der Waals surface area contributed by atoms with Crippen LogP contribution in [0.1, 0.15) is 127 Å². The fourth-order valence-corrected chi connectivity index (χ4v) is 10.3. The van der Waals surface area contributed by atoms with Crippen LogP contribution < -0.4 is 26.6 Å². The Morgan fingerprint density at radius 1 is 0.805 bits per heavy atom. The fourth-order valence-electron chi connectivity index (χ4n) is 10.3. The number of hydrogen-bond donors (Lipinski definition) is 7. The summed E-state index contributed by atoms with van der Waals surface area (Å²) in [6.45, 7) is 19.9. The van der Waals surface area contributed by atoms with Crippen molar-refractivity contribution in [3.05, 3.63) is 35.9 Å². The first kappa shape index (κ1) is 72.6. The quantitative estimate of drug-likeness (QED) is 0.0289. The molecule has 7 N–H and O–H groups in total. The molecule has 82 heavy (non-hydrogen) atoms. The fraction of sp³-hybridized carbons (Fsp3) is 0.763. The van der Waals surface area contributed by atoms with Crippen LogP contribution in [0.3, 0.4) is 0 Å². The van der Waals surface area contributed by atoms with E-state index in [9.17, 15) is 48.6 Å². The number of likely N-dealkylation sites (N-methyl/N-ethyl adjacent to an activating group) is 2. The standard InChI is InChI=1S/C59H102N8O15/c1-17-38(7)50(66(14)56(75)48(36(3)4)64-55(74)49(37(5)6)65(12)13)44(78-15)33-46(70)67-30-22-26-43(67)51(79-16)39(8)53(72)62-42(32-40-24-20-19-21-25-40)54(73)60-28-23-31-80-57(76)52(59(9,10)11)63-45(69)27-29-61-58(77)81-35-47(71)82-41(18-2)34-68/h19-21,24-25,36-39,41-44,47-52,68,71H,17-18,22-23,26-35H2,1-16H3,(H,60,73)(H,61,77)(H,62,72)(H,63,69)(H,64,74)/t38-,39+,41?,42-,43-,44+,47?,48-,49-,50-,51+,52+/m1/s1. The number of likely N-dealkylation sites (tertiary alicyclic amines) is 1. The van der Waals surface area contributed by atoms with Gasteiger partial charge in [-0.2, -0.15) is 0 Å². The normalized spacial score (nSPS) is 17.7. The van der Waals surface area contributed by atoms with Crippen LogP contribution in [-0.2, 0) is 63.7 Å². The van der Waals surface area contributed by atoms with Crippen molar-refractivity contribution in [2.45, 2.75) is 188 Å². The Kier molecular flexibility index (Phi) is 32.2. The summed E-state index contributed by atoms with van der Waals surface area (Å²) in [5.74, 6) is -4.08. The molecular weight excluding hydrogens is 1060 g/mol. The predicted octanol–water partition coefficient (Wildman–Crippen LogP) is 3.16. The molecule has 12 atom stereocenters. The maximum absolute atomic E-state index is 14.5. The van der Waals surface area contributed by atoms with E-state index in [1.807, 2.05) is 90.9 Å². The number of nitrogens with zero attached hydrogens (tertiary/aromatic N) is 3. The van der Waals surface area contributed by atoms with Gasteiger partial charge in [-0.3, -0.25) is 33.7 Å². The summed E-state index contributed by atoms with van der Waals surface area (Å²) in [6.07, 6.45) is -2.00. The predicted molar refractivity (Wildman–Crippen MR) is 309 cm³/mol. The molecule has 1 aromatic carbocycles. The third kappa shape index (κ3) is 23.3. The molecule has 1 aliphatic heterocycles. The molecule has 1 fully saturated rings. The van der Waals surface area contributed by atoms with Gasteiger partial charge in [0.1, 0.15) is 24.7 Å². The van der Waals surface area contributed by atoms with E-state index in [1.54, 1.807) is 51.5 Å². The number of hydrogen-bond acceptors (Lipinski definition) is 16. The highest BCUT2D eigenvalue weighted by Gasteiger charge is 2.44. The van der Waals surface area contributed by atoms with E-state index in [4.69, 9.17) is 23.7 Å². The number of carbonyl (C=O) groups is 8. The van der Waals surface area contributed by atoms with Crippen molar-refractivity contribution in [2.24, 2.45) is 29.1 Å². The Bertz CT molecular complexity index is 2130. The van der Waals surface area contributed by atoms with E-state index in [-0.39, 0.29) is 87.5 Å². The molecule has 0 spiro atoms. The van der Waals surface area contributed by atoms with Gasteiger partial charge in [0.15, 0.2) is 6.29 Å². The molecule has 1 aromatic rings. The number of amides is 7. The molecule has 2 unspecified atom stereocenters. The van der Waals surface area contributed by atoms with Crippen molar-refractivity contribution in [1.29, 1.82) is 0 Å². The van der Waals surface area contributed by atoms with Crippen molar-refractivity contribution in [3.63, 3.8) is 0 Å². The van der Waals surface area contributed by atoms with E-state index in [0.29, 0.717) is 32.2 Å². The average molecular weight is 1160 g/mol. The molecule has 1 saturated heterocycles. The highest BCUT2D eigenvalue weighted by Crippen LogP contribution is 2.30. The van der Waals surface area contributed by atoms with Crippen LogP contribution in [0.25, 0.3) is 0 Å². The number of esters is 1. The van der Waals surface area contributed by atoms with Crippen LogP contribution in [0.5, 0.6) is 0 Å². The minimum atomic E-state index is -1.45. The summed E-state index contributed by atoms with van der Waals surface area (Å²) in [5.41, 5.74) is 0.0247. The monoisotopic (exact) mass is 1160 g/mol. The third-order valence-corrected chi connectivity index (χ3v) is 15.1. The SMILES string of the molecule is CCC(CO)OC(O)COC(=O)NCCC(=O)N[C@@H](C(=O)OCCCNC(=O)[C@@H](Cc1ccccc1)NC(=O)[C@@H](C)[C@H](OC)[C@H]1CCCN1C(=O)C[C@H](OC)[C@@H]([C@H](C)CC)N(C)C(=O)[C@H](NC(=O)[C@@H](C(C)C)N(C)C)C(C)C)C(C)(C)C. The summed E-state index contributed by atoms with van der Waals surface area (Å²) in [5, 5.41) is 33.0. The lowest BCUT2D eigenvalue weighted by molar-refractivity contribution is -0.165. The maximum Gasteiger partial charge on any atom is 0.407 e. The van der Waals surface area contributed by atoms with E-state index in [2.05, 4.69) is 26.6 Å². The third-order valence-electron chi connectivity index (χ3n) is 15.1. The van der Waals surface area contributed by atoms with Gasteiger partial charge >= 0.3 is 12.1 Å². The van der Waals surface area contributed by atoms with Crippen LogP contribution in [0, 0.1) is 29.1 Å². The zero-order chi connectivity index (χ0) is 62.0. The van der Waals surface area contributed by atoms with Crippen molar-refractivity contribution < 1.29 is 72.3 Å². The number of methoxy groups -OCH3 is 2. The number of nitrogens with one attached hydrogen (secondary N) is 5. The topological polar surface area (TPSA) is 293 Å². The highest BCUT2D eigenvalue weighted by molar-refractivity contribution is 5.91. The van der Waals surface area contributed by atoms with Gasteiger partial charge in [-0.05, 0) is 68.5 Å². The van der Waals surface area contributed by atoms with Gasteiger partial charge < -0.3 is 70.3 Å². The Hall–Kier alpha value is -5.46. The van der Waals surface area contributed by atoms with Gasteiger partial charge in [0.25, 0.3) is 0 Å². The van der Waals surface area contributed by atoms with Gasteiger partial charge in [0.2, 0.25) is 35.4 Å². The summed E-state index contributed by atoms with van der Waals surface area (Å²) in [6, 6.07) is 4.83. The first-order valence-electron chi connectivity index (χ1n) is 29.1. The molecule has 468 valence electrons. The van der Waals surface area contributed by atoms with Gasteiger partial charge in [-0.25, -0.2) is 9.59 Å². The minimum Gasteiger partial charge on any atom is -0.464 e. The zero-order valence-electron chi connectivity index (χ0n) is 51.9. The van der Waals surface area contributed by atoms with Crippen molar-refractivity contribution in [2.75, 3.05) is 74.8 Å². The molecule has 2 rings (SSSR count). The minimum absolute atomic E-state index is 0.000914. The molecule has 23 heteroatoms. The van der Waals surface area contributed by atoms with E-state index in [1.165, 1.54) is 14.2 Å². The number of ether oxygens (including phenoxy) is 5. The molecule has 1 heterocycles. The molecule has 7 amide bonds. The number of alkyl carbamates (subject to hydrolysis) is 1. The van der Waals surface area contributed by atoms with Crippen molar-refractivity contribution >= 4 is 47.5 Å². The first-order chi connectivity index (χ1) is 38.6. The summed E-state index contributed by atoms with van der Waals surface area (Å²) in [4.78, 5) is 114. The Morgan fingerprint density at radius 2 is 1.46 bits per heavy atom. The van der Waals surface area contributed by atoms with E-state index < -0.39 is 109 Å². The number of rotatable bonds is 36. The average Bonchev–Trinajstić information content (AvgIpc) is 4.09. The van der Waals surface area contributed by atoms with Gasteiger partial charge in [-0.15, -0.1) is 0 Å². The summed E-state index contributed by atoms with van der Waals surface area (Å²) in [7, 11) is 8.39. The lowest BCUT2D eigenvalue weighted by Gasteiger charge is -2.41. The Morgan fingerprint density at radius 3 is 2.01 bits per heavy atom. The molecule has 0 bridgehead atoms. The number of aliphatic hydroxyl groups excluding tert-OH is 2. The first-order valence-corrected chi connectivity index (χ1v) is 29.1. The Balaban J connectivity index is 2.14. The molecule has 23 nitrogen and oxygen atoms in total. The molecule has 1 aliphatic rings. The number of aliphatic hydroxyl groups is 2. The molecule has 0 aliphatic carbocycles. The zero-order valence-corrected chi connectivity index (χ0v) is 51.9. The van der Waals surface area contributed by atoms with Crippen LogP contribution in [0.2, 0.25) is 0 Å². The van der Waals surface area contributed by atoms with Gasteiger partial charge in [0.05, 0.1) is 62.0 Å². The van der Waals surface area contributed by atoms with E-state index >= 15 is 0 Å². The summed E-state index contributed by atoms with van der Waals surface area (Å²) >= 11 is 0. The molecule has 0 saturated carbocycles. The second kappa shape index (κ2) is 36.3. The van der Waals surface area contributed by atoms with Crippen LogP contribution >= 0.6 is 0 Å². The Labute approximate surface area is 487 Å². The smallest absolute Gasteiger partial charge is 0.407 e. The molecular formula is C59H102N8O15. The lowest BCUT2D eigenvalue weighted by atomic mass is 9.86. The second-order valence-electron chi connectivity index (χ2n) is 23.5. The highest BCUT2D eigenvalue weighted by atomic mass is 16.6.